The summed E-state index contributed by atoms with van der Waals surface area (Å²) < 4.78 is 0. The van der Waals surface area contributed by atoms with Crippen LogP contribution in [0.15, 0.2) is 66.7 Å². The zero-order valence-electron chi connectivity index (χ0n) is 9.91. The van der Waals surface area contributed by atoms with Crippen LogP contribution in [0.4, 0.5) is 0 Å². The lowest BCUT2D eigenvalue weighted by molar-refractivity contribution is -0.131. The number of benzene rings is 2. The minimum atomic E-state index is -0.907. The van der Waals surface area contributed by atoms with Crippen LogP contribution in [0.3, 0.4) is 0 Å². The molecule has 0 bridgehead atoms. The molecule has 2 aromatic rings. The summed E-state index contributed by atoms with van der Waals surface area (Å²) in [4.78, 5) is 10.3. The van der Waals surface area contributed by atoms with Gasteiger partial charge in [-0.3, -0.25) is 0 Å². The Balaban J connectivity index is 2.09. The van der Waals surface area contributed by atoms with Crippen molar-refractivity contribution in [2.75, 3.05) is 0 Å². The molecule has 90 valence electrons. The van der Waals surface area contributed by atoms with Gasteiger partial charge in [0.25, 0.3) is 0 Å². The third-order valence-electron chi connectivity index (χ3n) is 2.68. The molecule has 0 saturated heterocycles. The molecule has 2 heteroatoms. The van der Waals surface area contributed by atoms with E-state index in [-0.39, 0.29) is 0 Å². The first kappa shape index (κ1) is 12.1. The first-order valence-electron chi connectivity index (χ1n) is 5.79. The summed E-state index contributed by atoms with van der Waals surface area (Å²) in [7, 11) is 0. The van der Waals surface area contributed by atoms with E-state index in [0.29, 0.717) is 6.42 Å². The Kier molecular flexibility index (Phi) is 3.92. The summed E-state index contributed by atoms with van der Waals surface area (Å²) in [5.74, 6) is -0.907. The normalized spacial score (nSPS) is 10.7. The summed E-state index contributed by atoms with van der Waals surface area (Å²) in [6.07, 6.45) is 3.46. The molecule has 2 rings (SSSR count). The van der Waals surface area contributed by atoms with Crippen molar-refractivity contribution >= 4 is 5.97 Å². The fourth-order valence-corrected chi connectivity index (χ4v) is 1.76. The van der Waals surface area contributed by atoms with Gasteiger partial charge < -0.3 is 5.11 Å². The van der Waals surface area contributed by atoms with Crippen LogP contribution < -0.4 is 0 Å². The zero-order valence-corrected chi connectivity index (χ0v) is 9.91. The number of carboxylic acids is 1. The molecule has 0 saturated carbocycles. The number of carbonyl (C=O) groups is 1. The van der Waals surface area contributed by atoms with Crippen molar-refractivity contribution in [1.82, 2.24) is 0 Å². The van der Waals surface area contributed by atoms with Gasteiger partial charge in [-0.2, -0.15) is 0 Å². The topological polar surface area (TPSA) is 37.3 Å². The van der Waals surface area contributed by atoms with Crippen molar-refractivity contribution < 1.29 is 9.90 Å². The highest BCUT2D eigenvalue weighted by Crippen LogP contribution is 2.19. The van der Waals surface area contributed by atoms with Gasteiger partial charge in [-0.25, -0.2) is 4.79 Å². The predicted molar refractivity (Wildman–Crippen MR) is 72.4 cm³/mol. The van der Waals surface area contributed by atoms with Gasteiger partial charge in [0, 0.05) is 6.08 Å². The molecule has 0 heterocycles. The lowest BCUT2D eigenvalue weighted by Gasteiger charge is -2.02. The maximum atomic E-state index is 10.3. The van der Waals surface area contributed by atoms with E-state index in [1.54, 1.807) is 6.08 Å². The fourth-order valence-electron chi connectivity index (χ4n) is 1.76. The number of carboxylic acid groups (broad SMARTS) is 1. The van der Waals surface area contributed by atoms with Gasteiger partial charge in [0.2, 0.25) is 0 Å². The van der Waals surface area contributed by atoms with Crippen LogP contribution in [-0.2, 0) is 11.2 Å². The molecule has 0 aliphatic carbocycles. The molecule has 1 N–H and O–H groups in total. The molecule has 0 aromatic heterocycles. The Bertz CT molecular complexity index is 539. The van der Waals surface area contributed by atoms with E-state index in [2.05, 4.69) is 24.3 Å². The number of hydrogen-bond acceptors (Lipinski definition) is 1. The molecule has 2 aromatic carbocycles. The van der Waals surface area contributed by atoms with E-state index in [1.807, 2.05) is 30.3 Å². The Morgan fingerprint density at radius 1 is 0.944 bits per heavy atom. The number of allylic oxidation sites excluding steroid dienone is 1. The van der Waals surface area contributed by atoms with Crippen molar-refractivity contribution in [3.63, 3.8) is 0 Å². The molecule has 0 fully saturated rings. The van der Waals surface area contributed by atoms with Crippen molar-refractivity contribution in [3.8, 4) is 11.1 Å². The van der Waals surface area contributed by atoms with Crippen molar-refractivity contribution in [3.05, 3.63) is 72.3 Å². The Labute approximate surface area is 106 Å². The van der Waals surface area contributed by atoms with Crippen LogP contribution in [0.2, 0.25) is 0 Å². The second-order valence-electron chi connectivity index (χ2n) is 4.01. The largest absolute Gasteiger partial charge is 0.478 e. The monoisotopic (exact) mass is 238 g/mol. The highest BCUT2D eigenvalue weighted by molar-refractivity contribution is 5.79. The van der Waals surface area contributed by atoms with Crippen molar-refractivity contribution in [2.45, 2.75) is 6.42 Å². The summed E-state index contributed by atoms with van der Waals surface area (Å²) in [5.41, 5.74) is 3.46. The van der Waals surface area contributed by atoms with Crippen LogP contribution in [0, 0.1) is 0 Å². The van der Waals surface area contributed by atoms with Gasteiger partial charge in [0.15, 0.2) is 0 Å². The predicted octanol–water partition coefficient (Wildman–Crippen LogP) is 3.54. The first-order valence-corrected chi connectivity index (χ1v) is 5.79. The number of aliphatic carboxylic acids is 1. The highest BCUT2D eigenvalue weighted by atomic mass is 16.4. The third kappa shape index (κ3) is 3.32. The lowest BCUT2D eigenvalue weighted by atomic mass is 10.0. The van der Waals surface area contributed by atoms with Crippen LogP contribution in [-0.4, -0.2) is 11.1 Å². The van der Waals surface area contributed by atoms with Crippen LogP contribution >= 0.6 is 0 Å². The second kappa shape index (κ2) is 5.82. The molecule has 0 atom stereocenters. The smallest absolute Gasteiger partial charge is 0.327 e. The minimum Gasteiger partial charge on any atom is -0.478 e. The van der Waals surface area contributed by atoms with E-state index >= 15 is 0 Å². The number of hydrogen-bond donors (Lipinski definition) is 1. The quantitative estimate of drug-likeness (QED) is 0.827. The molecule has 0 unspecified atom stereocenters. The molecule has 0 radical (unpaired) electrons. The maximum Gasteiger partial charge on any atom is 0.327 e. The SMILES string of the molecule is O=C(O)/C=C/Cc1ccc(-c2ccccc2)cc1. The molecule has 2 nitrogen and oxygen atoms in total. The molecule has 0 amide bonds. The Morgan fingerprint density at radius 2 is 1.56 bits per heavy atom. The van der Waals surface area contributed by atoms with Gasteiger partial charge in [-0.15, -0.1) is 0 Å². The standard InChI is InChI=1S/C16H14O2/c17-16(18)8-4-5-13-9-11-15(12-10-13)14-6-2-1-3-7-14/h1-4,6-12H,5H2,(H,17,18)/b8-4+. The van der Waals surface area contributed by atoms with Gasteiger partial charge in [-0.1, -0.05) is 60.7 Å². The van der Waals surface area contributed by atoms with E-state index in [9.17, 15) is 4.79 Å². The van der Waals surface area contributed by atoms with E-state index < -0.39 is 5.97 Å². The Morgan fingerprint density at radius 3 is 2.17 bits per heavy atom. The highest BCUT2D eigenvalue weighted by Gasteiger charge is 1.96. The van der Waals surface area contributed by atoms with Crippen LogP contribution in [0.1, 0.15) is 5.56 Å². The Hall–Kier alpha value is -2.35. The minimum absolute atomic E-state index is 0.640. The molecular formula is C16H14O2. The molecule has 0 aliphatic heterocycles. The molecule has 0 spiro atoms. The number of rotatable bonds is 4. The third-order valence-corrected chi connectivity index (χ3v) is 2.68. The summed E-state index contributed by atoms with van der Waals surface area (Å²) in [6.45, 7) is 0. The average Bonchev–Trinajstić information content (AvgIpc) is 2.40. The van der Waals surface area contributed by atoms with Crippen molar-refractivity contribution in [1.29, 1.82) is 0 Å². The summed E-state index contributed by atoms with van der Waals surface area (Å²) in [5, 5.41) is 8.50. The summed E-state index contributed by atoms with van der Waals surface area (Å²) >= 11 is 0. The van der Waals surface area contributed by atoms with Gasteiger partial charge in [-0.05, 0) is 23.1 Å². The molecular weight excluding hydrogens is 224 g/mol. The summed E-state index contributed by atoms with van der Waals surface area (Å²) in [6, 6.07) is 18.3. The zero-order chi connectivity index (χ0) is 12.8. The van der Waals surface area contributed by atoms with E-state index in [4.69, 9.17) is 5.11 Å². The van der Waals surface area contributed by atoms with E-state index in [1.165, 1.54) is 17.2 Å². The average molecular weight is 238 g/mol. The van der Waals surface area contributed by atoms with Crippen LogP contribution in [0.25, 0.3) is 11.1 Å². The van der Waals surface area contributed by atoms with Gasteiger partial charge in [0.1, 0.15) is 0 Å². The van der Waals surface area contributed by atoms with Gasteiger partial charge >= 0.3 is 5.97 Å². The maximum absolute atomic E-state index is 10.3. The van der Waals surface area contributed by atoms with E-state index in [0.717, 1.165) is 5.56 Å². The first-order chi connectivity index (χ1) is 8.75. The van der Waals surface area contributed by atoms with Crippen LogP contribution in [0.5, 0.6) is 0 Å². The fraction of sp³-hybridized carbons (Fsp3) is 0.0625. The van der Waals surface area contributed by atoms with Crippen molar-refractivity contribution in [2.24, 2.45) is 0 Å². The molecule has 18 heavy (non-hydrogen) atoms. The van der Waals surface area contributed by atoms with Gasteiger partial charge in [0.05, 0.1) is 0 Å². The second-order valence-corrected chi connectivity index (χ2v) is 4.01. The molecule has 0 aliphatic rings. The lowest BCUT2D eigenvalue weighted by Crippen LogP contribution is -1.87.